The van der Waals surface area contributed by atoms with Gasteiger partial charge < -0.3 is 10.5 Å². The molecule has 1 aromatic carbocycles. The van der Waals surface area contributed by atoms with Crippen LogP contribution >= 0.6 is 12.2 Å². The van der Waals surface area contributed by atoms with E-state index in [9.17, 15) is 0 Å². The monoisotopic (exact) mass is 306 g/mol. The SMILES string of the molecule is COc1ccc(CN2CCC(C(C)C)CC2)cc1C(N)=S. The maximum atomic E-state index is 5.78. The van der Waals surface area contributed by atoms with Crippen molar-refractivity contribution in [2.75, 3.05) is 20.2 Å². The van der Waals surface area contributed by atoms with Gasteiger partial charge in [-0.3, -0.25) is 4.90 Å². The van der Waals surface area contributed by atoms with Crippen LogP contribution in [0.1, 0.15) is 37.8 Å². The third-order valence-corrected chi connectivity index (χ3v) is 4.73. The molecule has 1 aliphatic rings. The maximum Gasteiger partial charge on any atom is 0.129 e. The number of hydrogen-bond acceptors (Lipinski definition) is 3. The van der Waals surface area contributed by atoms with E-state index in [4.69, 9.17) is 22.7 Å². The van der Waals surface area contributed by atoms with Gasteiger partial charge in [0.05, 0.1) is 12.7 Å². The first-order valence-electron chi connectivity index (χ1n) is 7.70. The number of methoxy groups -OCH3 is 1. The predicted octanol–water partition coefficient (Wildman–Crippen LogP) is 3.20. The Morgan fingerprint density at radius 3 is 2.57 bits per heavy atom. The molecule has 0 bridgehead atoms. The molecule has 0 atom stereocenters. The van der Waals surface area contributed by atoms with Gasteiger partial charge in [-0.25, -0.2) is 0 Å². The third-order valence-electron chi connectivity index (χ3n) is 4.51. The molecule has 0 amide bonds. The van der Waals surface area contributed by atoms with Crippen molar-refractivity contribution in [2.24, 2.45) is 17.6 Å². The summed E-state index contributed by atoms with van der Waals surface area (Å²) in [5, 5.41) is 0. The molecule has 1 fully saturated rings. The van der Waals surface area contributed by atoms with Gasteiger partial charge in [0, 0.05) is 6.54 Å². The standard InChI is InChI=1S/C17H26N2OS/c1-12(2)14-6-8-19(9-7-14)11-13-4-5-16(20-3)15(10-13)17(18)21/h4-5,10,12,14H,6-9,11H2,1-3H3,(H2,18,21). The first-order chi connectivity index (χ1) is 10.0. The first-order valence-corrected chi connectivity index (χ1v) is 8.11. The molecule has 0 saturated carbocycles. The summed E-state index contributed by atoms with van der Waals surface area (Å²) >= 11 is 5.11. The molecule has 0 aromatic heterocycles. The van der Waals surface area contributed by atoms with Gasteiger partial charge in [0.15, 0.2) is 0 Å². The van der Waals surface area contributed by atoms with E-state index >= 15 is 0 Å². The highest BCUT2D eigenvalue weighted by atomic mass is 32.1. The van der Waals surface area contributed by atoms with Gasteiger partial charge in [-0.15, -0.1) is 0 Å². The summed E-state index contributed by atoms with van der Waals surface area (Å²) < 4.78 is 5.31. The zero-order valence-electron chi connectivity index (χ0n) is 13.3. The van der Waals surface area contributed by atoms with Gasteiger partial charge in [0.25, 0.3) is 0 Å². The summed E-state index contributed by atoms with van der Waals surface area (Å²) in [6, 6.07) is 6.13. The number of nitrogens with zero attached hydrogens (tertiary/aromatic N) is 1. The van der Waals surface area contributed by atoms with Gasteiger partial charge in [0.2, 0.25) is 0 Å². The van der Waals surface area contributed by atoms with Crippen molar-refractivity contribution in [1.82, 2.24) is 4.90 Å². The third kappa shape index (κ3) is 4.17. The number of thiocarbonyl (C=S) groups is 1. The Labute approximate surface area is 133 Å². The smallest absolute Gasteiger partial charge is 0.129 e. The van der Waals surface area contributed by atoms with Crippen LogP contribution in [0.4, 0.5) is 0 Å². The fourth-order valence-electron chi connectivity index (χ4n) is 3.08. The van der Waals surface area contributed by atoms with E-state index in [1.165, 1.54) is 31.5 Å². The van der Waals surface area contributed by atoms with Crippen molar-refractivity contribution < 1.29 is 4.74 Å². The number of benzene rings is 1. The van der Waals surface area contributed by atoms with Crippen molar-refractivity contribution in [3.8, 4) is 5.75 Å². The number of likely N-dealkylation sites (tertiary alicyclic amines) is 1. The van der Waals surface area contributed by atoms with Crippen LogP contribution in [-0.2, 0) is 6.54 Å². The molecule has 3 nitrogen and oxygen atoms in total. The Morgan fingerprint density at radius 1 is 1.38 bits per heavy atom. The van der Waals surface area contributed by atoms with Crippen LogP contribution in [-0.4, -0.2) is 30.1 Å². The molecule has 4 heteroatoms. The zero-order valence-corrected chi connectivity index (χ0v) is 14.1. The normalized spacial score (nSPS) is 17.1. The van der Waals surface area contributed by atoms with Crippen molar-refractivity contribution >= 4 is 17.2 Å². The Hall–Kier alpha value is -1.13. The van der Waals surface area contributed by atoms with Crippen molar-refractivity contribution in [3.05, 3.63) is 29.3 Å². The molecule has 0 spiro atoms. The summed E-state index contributed by atoms with van der Waals surface area (Å²) in [6.07, 6.45) is 2.60. The lowest BCUT2D eigenvalue weighted by Crippen LogP contribution is -2.34. The number of rotatable bonds is 5. The predicted molar refractivity (Wildman–Crippen MR) is 91.7 cm³/mol. The van der Waals surface area contributed by atoms with Crippen LogP contribution in [0.15, 0.2) is 18.2 Å². The van der Waals surface area contributed by atoms with Crippen LogP contribution in [0.2, 0.25) is 0 Å². The van der Waals surface area contributed by atoms with Gasteiger partial charge in [-0.2, -0.15) is 0 Å². The summed E-state index contributed by atoms with van der Waals surface area (Å²) in [4.78, 5) is 2.91. The molecule has 2 N–H and O–H groups in total. The molecule has 1 aliphatic heterocycles. The van der Waals surface area contributed by atoms with Crippen molar-refractivity contribution in [1.29, 1.82) is 0 Å². The number of nitrogens with two attached hydrogens (primary N) is 1. The van der Waals surface area contributed by atoms with Gasteiger partial charge in [0.1, 0.15) is 10.7 Å². The minimum Gasteiger partial charge on any atom is -0.496 e. The van der Waals surface area contributed by atoms with E-state index < -0.39 is 0 Å². The highest BCUT2D eigenvalue weighted by molar-refractivity contribution is 7.80. The van der Waals surface area contributed by atoms with Gasteiger partial charge in [-0.1, -0.05) is 32.1 Å². The van der Waals surface area contributed by atoms with E-state index in [-0.39, 0.29) is 0 Å². The minimum absolute atomic E-state index is 0.396. The van der Waals surface area contributed by atoms with E-state index in [1.807, 2.05) is 6.07 Å². The van der Waals surface area contributed by atoms with E-state index in [2.05, 4.69) is 30.9 Å². The number of piperidine rings is 1. The molecule has 1 saturated heterocycles. The van der Waals surface area contributed by atoms with Crippen LogP contribution in [0.5, 0.6) is 5.75 Å². The largest absolute Gasteiger partial charge is 0.496 e. The second kappa shape index (κ2) is 7.23. The average Bonchev–Trinajstić information content (AvgIpc) is 2.47. The lowest BCUT2D eigenvalue weighted by Gasteiger charge is -2.34. The fourth-order valence-corrected chi connectivity index (χ4v) is 3.24. The molecule has 116 valence electrons. The molecule has 0 unspecified atom stereocenters. The second-order valence-electron chi connectivity index (χ2n) is 6.26. The summed E-state index contributed by atoms with van der Waals surface area (Å²) in [5.74, 6) is 2.43. The summed E-state index contributed by atoms with van der Waals surface area (Å²) in [7, 11) is 1.65. The average molecular weight is 306 g/mol. The maximum absolute atomic E-state index is 5.78. The first kappa shape index (κ1) is 16.2. The fraction of sp³-hybridized carbons (Fsp3) is 0.588. The van der Waals surface area contributed by atoms with Gasteiger partial charge >= 0.3 is 0 Å². The number of hydrogen-bond donors (Lipinski definition) is 1. The van der Waals surface area contributed by atoms with Crippen LogP contribution < -0.4 is 10.5 Å². The van der Waals surface area contributed by atoms with Crippen LogP contribution in [0, 0.1) is 11.8 Å². The summed E-state index contributed by atoms with van der Waals surface area (Å²) in [5.41, 5.74) is 7.87. The molecule has 0 aliphatic carbocycles. The highest BCUT2D eigenvalue weighted by Gasteiger charge is 2.21. The molecular formula is C17H26N2OS. The van der Waals surface area contributed by atoms with Crippen LogP contribution in [0.3, 0.4) is 0 Å². The van der Waals surface area contributed by atoms with Gasteiger partial charge in [-0.05, 0) is 55.5 Å². The van der Waals surface area contributed by atoms with Crippen molar-refractivity contribution in [2.45, 2.75) is 33.2 Å². The van der Waals surface area contributed by atoms with E-state index in [0.29, 0.717) is 4.99 Å². The lowest BCUT2D eigenvalue weighted by molar-refractivity contribution is 0.152. The molecule has 1 aromatic rings. The Bertz CT molecular complexity index is 494. The zero-order chi connectivity index (χ0) is 15.4. The molecular weight excluding hydrogens is 280 g/mol. The summed E-state index contributed by atoms with van der Waals surface area (Å²) in [6.45, 7) is 7.98. The quantitative estimate of drug-likeness (QED) is 0.848. The van der Waals surface area contributed by atoms with Crippen LogP contribution in [0.25, 0.3) is 0 Å². The second-order valence-corrected chi connectivity index (χ2v) is 6.70. The Morgan fingerprint density at radius 2 is 2.05 bits per heavy atom. The molecule has 0 radical (unpaired) electrons. The number of ether oxygens (including phenoxy) is 1. The topological polar surface area (TPSA) is 38.5 Å². The molecule has 1 heterocycles. The molecule has 2 rings (SSSR count). The Kier molecular flexibility index (Phi) is 5.59. The van der Waals surface area contributed by atoms with E-state index in [1.54, 1.807) is 7.11 Å². The highest BCUT2D eigenvalue weighted by Crippen LogP contribution is 2.26. The lowest BCUT2D eigenvalue weighted by atomic mass is 9.86. The van der Waals surface area contributed by atoms with E-state index in [0.717, 1.165) is 29.7 Å². The minimum atomic E-state index is 0.396. The molecule has 21 heavy (non-hydrogen) atoms. The Balaban J connectivity index is 2.01. The van der Waals surface area contributed by atoms with Crippen molar-refractivity contribution in [3.63, 3.8) is 0 Å².